The average Bonchev–Trinajstić information content (AvgIpc) is 2.51. The first kappa shape index (κ1) is 17.1. The Bertz CT molecular complexity index is 784. The second-order valence-electron chi connectivity index (χ2n) is 4.55. The number of benzene rings is 1. The molecule has 1 aromatic heterocycles. The summed E-state index contributed by atoms with van der Waals surface area (Å²) in [6.07, 6.45) is 1.21. The van der Waals surface area contributed by atoms with Crippen molar-refractivity contribution in [1.29, 1.82) is 0 Å². The summed E-state index contributed by atoms with van der Waals surface area (Å²) < 4.78 is 27.7. The standard InChI is InChI=1S/C14H14F2N6O2/c1-2-18-9-5-10(20-6-19-9)21-14(24)22-12-8(15)4-3-7(11(12)16)13(17)23/h3-6H,2H2,1H3,(H2,17,23)(H3,18,19,20,21,22,24). The molecule has 24 heavy (non-hydrogen) atoms. The van der Waals surface area contributed by atoms with Crippen LogP contribution in [0.2, 0.25) is 0 Å². The number of nitrogens with two attached hydrogens (primary N) is 1. The smallest absolute Gasteiger partial charge is 0.325 e. The van der Waals surface area contributed by atoms with Gasteiger partial charge >= 0.3 is 6.03 Å². The lowest BCUT2D eigenvalue weighted by molar-refractivity contribution is 0.0996. The third kappa shape index (κ3) is 3.91. The Kier molecular flexibility index (Phi) is 5.20. The van der Waals surface area contributed by atoms with Gasteiger partial charge in [-0.25, -0.2) is 23.5 Å². The first-order valence-corrected chi connectivity index (χ1v) is 6.84. The quantitative estimate of drug-likeness (QED) is 0.664. The van der Waals surface area contributed by atoms with Crippen LogP contribution in [0, 0.1) is 11.6 Å². The van der Waals surface area contributed by atoms with E-state index in [9.17, 15) is 18.4 Å². The number of halogens is 2. The number of carbonyl (C=O) groups excluding carboxylic acids is 2. The molecule has 2 rings (SSSR count). The number of carbonyl (C=O) groups is 2. The number of urea groups is 1. The second kappa shape index (κ2) is 7.31. The third-order valence-corrected chi connectivity index (χ3v) is 2.86. The maximum absolute atomic E-state index is 14.0. The molecule has 126 valence electrons. The van der Waals surface area contributed by atoms with Crippen molar-refractivity contribution < 1.29 is 18.4 Å². The predicted octanol–water partition coefficient (Wildman–Crippen LogP) is 1.93. The molecule has 0 saturated heterocycles. The topological polar surface area (TPSA) is 122 Å². The monoisotopic (exact) mass is 336 g/mol. The molecule has 0 unspecified atom stereocenters. The van der Waals surface area contributed by atoms with Crippen LogP contribution in [-0.2, 0) is 0 Å². The minimum absolute atomic E-state index is 0.116. The van der Waals surface area contributed by atoms with Crippen molar-refractivity contribution in [3.05, 3.63) is 41.7 Å². The molecule has 5 N–H and O–H groups in total. The zero-order valence-corrected chi connectivity index (χ0v) is 12.6. The van der Waals surface area contributed by atoms with Gasteiger partial charge in [-0.2, -0.15) is 0 Å². The fraction of sp³-hybridized carbons (Fsp3) is 0.143. The van der Waals surface area contributed by atoms with E-state index in [0.29, 0.717) is 12.4 Å². The highest BCUT2D eigenvalue weighted by Gasteiger charge is 2.19. The van der Waals surface area contributed by atoms with Gasteiger partial charge in [-0.3, -0.25) is 10.1 Å². The van der Waals surface area contributed by atoms with Gasteiger partial charge in [-0.05, 0) is 19.1 Å². The zero-order chi connectivity index (χ0) is 17.7. The predicted molar refractivity (Wildman–Crippen MR) is 83.7 cm³/mol. The van der Waals surface area contributed by atoms with E-state index in [1.807, 2.05) is 12.2 Å². The summed E-state index contributed by atoms with van der Waals surface area (Å²) in [7, 11) is 0. The molecular weight excluding hydrogens is 322 g/mol. The van der Waals surface area contributed by atoms with Crippen LogP contribution in [0.3, 0.4) is 0 Å². The maximum Gasteiger partial charge on any atom is 0.325 e. The molecule has 3 amide bonds. The SMILES string of the molecule is CCNc1cc(NC(=O)Nc2c(F)ccc(C(N)=O)c2F)ncn1. The summed E-state index contributed by atoms with van der Waals surface area (Å²) in [4.78, 5) is 30.7. The number of aromatic nitrogens is 2. The number of nitrogens with one attached hydrogen (secondary N) is 3. The van der Waals surface area contributed by atoms with Crippen molar-refractivity contribution in [2.45, 2.75) is 6.92 Å². The normalized spacial score (nSPS) is 10.1. The first-order chi connectivity index (χ1) is 11.4. The van der Waals surface area contributed by atoms with E-state index in [4.69, 9.17) is 5.73 Å². The van der Waals surface area contributed by atoms with E-state index in [-0.39, 0.29) is 5.82 Å². The van der Waals surface area contributed by atoms with Crippen LogP contribution < -0.4 is 21.7 Å². The number of hydrogen-bond acceptors (Lipinski definition) is 5. The molecule has 1 aromatic carbocycles. The summed E-state index contributed by atoms with van der Waals surface area (Å²) in [6.45, 7) is 2.47. The second-order valence-corrected chi connectivity index (χ2v) is 4.55. The molecule has 0 aliphatic carbocycles. The molecule has 0 atom stereocenters. The van der Waals surface area contributed by atoms with Crippen LogP contribution in [-0.4, -0.2) is 28.5 Å². The van der Waals surface area contributed by atoms with Crippen molar-refractivity contribution in [2.75, 3.05) is 22.5 Å². The molecule has 0 radical (unpaired) electrons. The van der Waals surface area contributed by atoms with Crippen molar-refractivity contribution in [1.82, 2.24) is 9.97 Å². The molecule has 0 fully saturated rings. The Morgan fingerprint density at radius 2 is 1.88 bits per heavy atom. The zero-order valence-electron chi connectivity index (χ0n) is 12.6. The summed E-state index contributed by atoms with van der Waals surface area (Å²) in [5, 5.41) is 7.20. The molecule has 0 saturated carbocycles. The Hall–Kier alpha value is -3.30. The molecule has 0 bridgehead atoms. The number of anilines is 3. The van der Waals surface area contributed by atoms with Gasteiger partial charge in [0.1, 0.15) is 29.5 Å². The summed E-state index contributed by atoms with van der Waals surface area (Å²) >= 11 is 0. The number of rotatable bonds is 5. The number of primary amides is 1. The number of nitrogens with zero attached hydrogens (tertiary/aromatic N) is 2. The lowest BCUT2D eigenvalue weighted by Crippen LogP contribution is -2.23. The van der Waals surface area contributed by atoms with Gasteiger partial charge in [0.15, 0.2) is 5.82 Å². The lowest BCUT2D eigenvalue weighted by atomic mass is 10.1. The van der Waals surface area contributed by atoms with Gasteiger partial charge in [0, 0.05) is 12.6 Å². The van der Waals surface area contributed by atoms with E-state index in [2.05, 4.69) is 20.6 Å². The van der Waals surface area contributed by atoms with Crippen molar-refractivity contribution in [3.8, 4) is 0 Å². The number of amides is 3. The number of hydrogen-bond donors (Lipinski definition) is 4. The van der Waals surface area contributed by atoms with E-state index >= 15 is 0 Å². The van der Waals surface area contributed by atoms with Crippen LogP contribution in [0.4, 0.5) is 30.9 Å². The van der Waals surface area contributed by atoms with Gasteiger partial charge in [-0.1, -0.05) is 0 Å². The van der Waals surface area contributed by atoms with Crippen LogP contribution in [0.25, 0.3) is 0 Å². The van der Waals surface area contributed by atoms with Crippen molar-refractivity contribution in [3.63, 3.8) is 0 Å². The van der Waals surface area contributed by atoms with Gasteiger partial charge in [0.05, 0.1) is 5.56 Å². The molecular formula is C14H14F2N6O2. The van der Waals surface area contributed by atoms with Crippen molar-refractivity contribution >= 4 is 29.3 Å². The average molecular weight is 336 g/mol. The molecule has 1 heterocycles. The van der Waals surface area contributed by atoms with Gasteiger partial charge in [0.2, 0.25) is 0 Å². The van der Waals surface area contributed by atoms with Crippen molar-refractivity contribution in [2.24, 2.45) is 5.73 Å². The Balaban J connectivity index is 2.17. The highest BCUT2D eigenvalue weighted by atomic mass is 19.1. The van der Waals surface area contributed by atoms with E-state index < -0.39 is 34.8 Å². The Morgan fingerprint density at radius 3 is 2.54 bits per heavy atom. The summed E-state index contributed by atoms with van der Waals surface area (Å²) in [5.74, 6) is -2.80. The largest absolute Gasteiger partial charge is 0.370 e. The van der Waals surface area contributed by atoms with E-state index in [1.54, 1.807) is 0 Å². The van der Waals surface area contributed by atoms with Gasteiger partial charge in [-0.15, -0.1) is 0 Å². The molecule has 0 aliphatic heterocycles. The van der Waals surface area contributed by atoms with Crippen LogP contribution >= 0.6 is 0 Å². The van der Waals surface area contributed by atoms with Crippen LogP contribution in [0.15, 0.2) is 24.5 Å². The highest BCUT2D eigenvalue weighted by Crippen LogP contribution is 2.22. The van der Waals surface area contributed by atoms with Crippen LogP contribution in [0.1, 0.15) is 17.3 Å². The van der Waals surface area contributed by atoms with E-state index in [0.717, 1.165) is 12.1 Å². The lowest BCUT2D eigenvalue weighted by Gasteiger charge is -2.11. The molecule has 8 nitrogen and oxygen atoms in total. The third-order valence-electron chi connectivity index (χ3n) is 2.86. The van der Waals surface area contributed by atoms with Gasteiger partial charge in [0.25, 0.3) is 5.91 Å². The first-order valence-electron chi connectivity index (χ1n) is 6.84. The fourth-order valence-electron chi connectivity index (χ4n) is 1.82. The summed E-state index contributed by atoms with van der Waals surface area (Å²) in [5.41, 5.74) is 3.65. The van der Waals surface area contributed by atoms with Crippen LogP contribution in [0.5, 0.6) is 0 Å². The molecule has 0 aliphatic rings. The van der Waals surface area contributed by atoms with Gasteiger partial charge < -0.3 is 16.4 Å². The molecule has 0 spiro atoms. The fourth-order valence-corrected chi connectivity index (χ4v) is 1.82. The maximum atomic E-state index is 14.0. The molecule has 10 heteroatoms. The highest BCUT2D eigenvalue weighted by molar-refractivity contribution is 6.01. The summed E-state index contributed by atoms with van der Waals surface area (Å²) in [6, 6.07) is 2.21. The molecule has 2 aromatic rings. The van der Waals surface area contributed by atoms with E-state index in [1.165, 1.54) is 12.4 Å². The minimum atomic E-state index is -1.26. The Morgan fingerprint density at radius 1 is 1.17 bits per heavy atom. The minimum Gasteiger partial charge on any atom is -0.370 e. The Labute approximate surface area is 135 Å².